The van der Waals surface area contributed by atoms with Gasteiger partial charge in [-0.1, -0.05) is 18.2 Å². The van der Waals surface area contributed by atoms with Gasteiger partial charge in [-0.3, -0.25) is 24.6 Å². The number of amides is 2. The van der Waals surface area contributed by atoms with E-state index >= 15 is 0 Å². The quantitative estimate of drug-likeness (QED) is 0.415. The Bertz CT molecular complexity index is 991. The standard InChI is InChI=1S/C17H10N2O4S/c20-16-13-6-5-11(19(22)23)8-14(13)17(21)18(16)9-12-7-10-3-1-2-4-15(10)24-12/h1-8H,9H2. The van der Waals surface area contributed by atoms with Gasteiger partial charge < -0.3 is 0 Å². The first-order chi connectivity index (χ1) is 11.5. The second kappa shape index (κ2) is 5.24. The SMILES string of the molecule is O=C1c2ccc([N+](=O)[O-])cc2C(=O)N1Cc1cc2ccccc2s1. The number of imide groups is 1. The van der Waals surface area contributed by atoms with Gasteiger partial charge in [-0.15, -0.1) is 11.3 Å². The molecule has 0 saturated carbocycles. The summed E-state index contributed by atoms with van der Waals surface area (Å²) in [6.45, 7) is 0.166. The number of hydrogen-bond acceptors (Lipinski definition) is 5. The molecule has 0 bridgehead atoms. The third-order valence-electron chi connectivity index (χ3n) is 3.96. The lowest BCUT2D eigenvalue weighted by molar-refractivity contribution is -0.384. The van der Waals surface area contributed by atoms with Crippen molar-refractivity contribution in [1.29, 1.82) is 0 Å². The molecule has 3 aromatic rings. The normalized spacial score (nSPS) is 13.6. The highest BCUT2D eigenvalue weighted by molar-refractivity contribution is 7.19. The number of nitrogens with zero attached hydrogens (tertiary/aromatic N) is 2. The molecular weight excluding hydrogens is 328 g/mol. The minimum atomic E-state index is -0.577. The van der Waals surface area contributed by atoms with E-state index in [0.717, 1.165) is 19.9 Å². The maximum Gasteiger partial charge on any atom is 0.270 e. The first kappa shape index (κ1) is 14.5. The van der Waals surface area contributed by atoms with Gasteiger partial charge in [0, 0.05) is 21.7 Å². The van der Waals surface area contributed by atoms with E-state index in [4.69, 9.17) is 0 Å². The van der Waals surface area contributed by atoms with Crippen molar-refractivity contribution in [2.45, 2.75) is 6.54 Å². The maximum absolute atomic E-state index is 12.5. The third-order valence-corrected chi connectivity index (χ3v) is 5.06. The molecule has 1 aliphatic rings. The Morgan fingerprint density at radius 2 is 1.75 bits per heavy atom. The van der Waals surface area contributed by atoms with Crippen LogP contribution in [0.15, 0.2) is 48.5 Å². The average molecular weight is 338 g/mol. The molecule has 7 heteroatoms. The monoisotopic (exact) mass is 338 g/mol. The van der Waals surface area contributed by atoms with Crippen LogP contribution in [0, 0.1) is 10.1 Å². The lowest BCUT2D eigenvalue weighted by atomic mass is 10.1. The summed E-state index contributed by atoms with van der Waals surface area (Å²) in [5.41, 5.74) is 0.112. The molecule has 0 unspecified atom stereocenters. The molecule has 6 nitrogen and oxygen atoms in total. The van der Waals surface area contributed by atoms with Gasteiger partial charge in [0.15, 0.2) is 0 Å². The van der Waals surface area contributed by atoms with Crippen LogP contribution in [0.5, 0.6) is 0 Å². The van der Waals surface area contributed by atoms with Crippen LogP contribution in [-0.2, 0) is 6.54 Å². The third kappa shape index (κ3) is 2.17. The van der Waals surface area contributed by atoms with E-state index in [1.54, 1.807) is 0 Å². The molecule has 2 aromatic carbocycles. The van der Waals surface area contributed by atoms with E-state index in [-0.39, 0.29) is 23.4 Å². The van der Waals surface area contributed by atoms with Crippen LogP contribution in [0.4, 0.5) is 5.69 Å². The highest BCUT2D eigenvalue weighted by Gasteiger charge is 2.36. The molecule has 24 heavy (non-hydrogen) atoms. The van der Waals surface area contributed by atoms with Gasteiger partial charge in [0.25, 0.3) is 17.5 Å². The van der Waals surface area contributed by atoms with Crippen LogP contribution >= 0.6 is 11.3 Å². The summed E-state index contributed by atoms with van der Waals surface area (Å²) < 4.78 is 1.08. The van der Waals surface area contributed by atoms with Crippen molar-refractivity contribution in [3.05, 3.63) is 74.6 Å². The van der Waals surface area contributed by atoms with Gasteiger partial charge in [-0.05, 0) is 23.6 Å². The Kier molecular flexibility index (Phi) is 3.17. The molecule has 118 valence electrons. The summed E-state index contributed by atoms with van der Waals surface area (Å²) in [5, 5.41) is 11.9. The van der Waals surface area contributed by atoms with Gasteiger partial charge in [0.1, 0.15) is 0 Å². The van der Waals surface area contributed by atoms with Crippen LogP contribution in [0.2, 0.25) is 0 Å². The summed E-state index contributed by atoms with van der Waals surface area (Å²) in [6, 6.07) is 13.5. The van der Waals surface area contributed by atoms with Crippen molar-refractivity contribution in [2.24, 2.45) is 0 Å². The van der Waals surface area contributed by atoms with Gasteiger partial charge in [0.2, 0.25) is 0 Å². The summed E-state index contributed by atoms with van der Waals surface area (Å²) in [6.07, 6.45) is 0. The van der Waals surface area contributed by atoms with Crippen LogP contribution in [0.25, 0.3) is 10.1 Å². The van der Waals surface area contributed by atoms with Crippen molar-refractivity contribution in [1.82, 2.24) is 4.90 Å². The van der Waals surface area contributed by atoms with Gasteiger partial charge >= 0.3 is 0 Å². The topological polar surface area (TPSA) is 80.5 Å². The molecule has 0 saturated heterocycles. The lowest BCUT2D eigenvalue weighted by Crippen LogP contribution is -2.28. The minimum Gasteiger partial charge on any atom is -0.269 e. The molecular formula is C17H10N2O4S. The van der Waals surface area contributed by atoms with E-state index < -0.39 is 16.7 Å². The Labute approximate surface area is 140 Å². The molecule has 4 rings (SSSR count). The predicted octanol–water partition coefficient (Wildman–Crippen LogP) is 3.61. The fraction of sp³-hybridized carbons (Fsp3) is 0.0588. The minimum absolute atomic E-state index is 0.0929. The summed E-state index contributed by atoms with van der Waals surface area (Å²) >= 11 is 1.52. The number of non-ortho nitro benzene ring substituents is 1. The number of carbonyl (C=O) groups is 2. The molecule has 2 amide bonds. The molecule has 1 aliphatic heterocycles. The molecule has 0 spiro atoms. The lowest BCUT2D eigenvalue weighted by Gasteiger charge is -2.11. The van der Waals surface area contributed by atoms with Crippen molar-refractivity contribution >= 4 is 38.9 Å². The average Bonchev–Trinajstić information content (AvgIpc) is 3.09. The second-order valence-corrected chi connectivity index (χ2v) is 6.60. The molecule has 0 atom stereocenters. The van der Waals surface area contributed by atoms with Gasteiger partial charge in [0.05, 0.1) is 22.6 Å². The van der Waals surface area contributed by atoms with Crippen LogP contribution in [0.1, 0.15) is 25.6 Å². The van der Waals surface area contributed by atoms with Crippen molar-refractivity contribution in [3.8, 4) is 0 Å². The zero-order valence-corrected chi connectivity index (χ0v) is 13.1. The number of thiophene rings is 1. The fourth-order valence-corrected chi connectivity index (χ4v) is 3.86. The summed E-state index contributed by atoms with van der Waals surface area (Å²) in [5.74, 6) is -0.904. The van der Waals surface area contributed by atoms with E-state index in [0.29, 0.717) is 0 Å². The first-order valence-corrected chi connectivity index (χ1v) is 7.98. The summed E-state index contributed by atoms with van der Waals surface area (Å²) in [7, 11) is 0. The Balaban J connectivity index is 1.68. The largest absolute Gasteiger partial charge is 0.270 e. The molecule has 0 radical (unpaired) electrons. The number of benzene rings is 2. The zero-order valence-electron chi connectivity index (χ0n) is 12.3. The molecule has 1 aromatic heterocycles. The van der Waals surface area contributed by atoms with Gasteiger partial charge in [-0.25, -0.2) is 0 Å². The molecule has 0 N–H and O–H groups in total. The van der Waals surface area contributed by atoms with Crippen LogP contribution < -0.4 is 0 Å². The Morgan fingerprint density at radius 3 is 2.50 bits per heavy atom. The molecule has 0 aliphatic carbocycles. The molecule has 2 heterocycles. The number of fused-ring (bicyclic) bond motifs is 2. The summed E-state index contributed by atoms with van der Waals surface area (Å²) in [4.78, 5) is 37.2. The maximum atomic E-state index is 12.5. The second-order valence-electron chi connectivity index (χ2n) is 5.43. The van der Waals surface area contributed by atoms with Crippen LogP contribution in [-0.4, -0.2) is 21.6 Å². The first-order valence-electron chi connectivity index (χ1n) is 7.16. The van der Waals surface area contributed by atoms with Crippen LogP contribution in [0.3, 0.4) is 0 Å². The van der Waals surface area contributed by atoms with Crippen molar-refractivity contribution in [3.63, 3.8) is 0 Å². The Morgan fingerprint density at radius 1 is 1.00 bits per heavy atom. The highest BCUT2D eigenvalue weighted by Crippen LogP contribution is 2.31. The number of carbonyl (C=O) groups excluding carboxylic acids is 2. The number of nitro benzene ring substituents is 1. The molecule has 0 fully saturated rings. The predicted molar refractivity (Wildman–Crippen MR) is 89.1 cm³/mol. The zero-order chi connectivity index (χ0) is 16.8. The number of nitro groups is 1. The van der Waals surface area contributed by atoms with E-state index in [9.17, 15) is 19.7 Å². The number of hydrogen-bond donors (Lipinski definition) is 0. The van der Waals surface area contributed by atoms with E-state index in [1.807, 2.05) is 30.3 Å². The highest BCUT2D eigenvalue weighted by atomic mass is 32.1. The smallest absolute Gasteiger partial charge is 0.269 e. The number of rotatable bonds is 3. The fourth-order valence-electron chi connectivity index (χ4n) is 2.81. The van der Waals surface area contributed by atoms with E-state index in [1.165, 1.54) is 29.5 Å². The Hall–Kier alpha value is -3.06. The van der Waals surface area contributed by atoms with E-state index in [2.05, 4.69) is 0 Å². The van der Waals surface area contributed by atoms with Crippen molar-refractivity contribution < 1.29 is 14.5 Å². The van der Waals surface area contributed by atoms with Crippen molar-refractivity contribution in [2.75, 3.05) is 0 Å². The van der Waals surface area contributed by atoms with Gasteiger partial charge in [-0.2, -0.15) is 0 Å².